The molecule has 0 aliphatic carbocycles. The fourth-order valence-corrected chi connectivity index (χ4v) is 3.51. The summed E-state index contributed by atoms with van der Waals surface area (Å²) in [5.74, 6) is -1.75. The van der Waals surface area contributed by atoms with E-state index in [1.54, 1.807) is 72.9 Å². The number of aromatic nitrogens is 1. The van der Waals surface area contributed by atoms with Gasteiger partial charge in [0.1, 0.15) is 6.04 Å². The number of aliphatic carboxylic acids is 1. The molecular weight excluding hydrogens is 404 g/mol. The van der Waals surface area contributed by atoms with Gasteiger partial charge in [0, 0.05) is 29.1 Å². The number of carbonyl (C=O) groups excluding carboxylic acids is 2. The van der Waals surface area contributed by atoms with Crippen molar-refractivity contribution in [3.8, 4) is 0 Å². The van der Waals surface area contributed by atoms with E-state index in [1.165, 1.54) is 0 Å². The Morgan fingerprint density at radius 3 is 2.22 bits per heavy atom. The zero-order valence-electron chi connectivity index (χ0n) is 17.1. The topological polar surface area (TPSA) is 96.4 Å². The van der Waals surface area contributed by atoms with E-state index in [2.05, 4.69) is 10.3 Å². The minimum absolute atomic E-state index is 0.0824. The van der Waals surface area contributed by atoms with E-state index in [4.69, 9.17) is 0 Å². The molecule has 6 heteroatoms. The second-order valence-corrected chi connectivity index (χ2v) is 7.34. The van der Waals surface area contributed by atoms with Gasteiger partial charge >= 0.3 is 5.97 Å². The fourth-order valence-electron chi connectivity index (χ4n) is 3.51. The summed E-state index contributed by atoms with van der Waals surface area (Å²) >= 11 is 0. The molecule has 0 fully saturated rings. The van der Waals surface area contributed by atoms with Crippen LogP contribution in [0.25, 0.3) is 10.9 Å². The van der Waals surface area contributed by atoms with Gasteiger partial charge in [0.05, 0.1) is 11.1 Å². The number of carboxylic acid groups (broad SMARTS) is 1. The fraction of sp³-hybridized carbons (Fsp3) is 0.0769. The van der Waals surface area contributed by atoms with Gasteiger partial charge in [0.2, 0.25) is 0 Å². The minimum Gasteiger partial charge on any atom is -0.480 e. The van der Waals surface area contributed by atoms with E-state index in [9.17, 15) is 19.5 Å². The number of rotatable bonds is 7. The maximum absolute atomic E-state index is 12.8. The van der Waals surface area contributed by atoms with Crippen LogP contribution in [-0.4, -0.2) is 33.8 Å². The summed E-state index contributed by atoms with van der Waals surface area (Å²) in [4.78, 5) is 41.4. The number of nitrogens with zero attached hydrogens (tertiary/aromatic N) is 1. The third-order valence-electron chi connectivity index (χ3n) is 5.17. The Hall–Kier alpha value is -4.32. The second kappa shape index (κ2) is 9.22. The Bertz CT molecular complexity index is 1280. The number of hydrogen-bond donors (Lipinski definition) is 2. The van der Waals surface area contributed by atoms with Crippen molar-refractivity contribution in [2.45, 2.75) is 12.5 Å². The molecule has 0 aliphatic heterocycles. The first-order chi connectivity index (χ1) is 15.5. The van der Waals surface area contributed by atoms with Gasteiger partial charge in [-0.25, -0.2) is 4.79 Å². The first-order valence-corrected chi connectivity index (χ1v) is 10.1. The number of hydrogen-bond acceptors (Lipinski definition) is 4. The summed E-state index contributed by atoms with van der Waals surface area (Å²) in [5, 5.41) is 13.0. The number of benzene rings is 3. The normalized spacial score (nSPS) is 11.6. The Kier molecular flexibility index (Phi) is 6.03. The smallest absolute Gasteiger partial charge is 0.326 e. The van der Waals surface area contributed by atoms with Crippen LogP contribution in [0, 0.1) is 0 Å². The van der Waals surface area contributed by atoms with E-state index < -0.39 is 17.9 Å². The molecular formula is C26H20N2O4. The summed E-state index contributed by atoms with van der Waals surface area (Å²) in [6.07, 6.45) is 1.67. The monoisotopic (exact) mass is 424 g/mol. The molecule has 1 amide bonds. The van der Waals surface area contributed by atoms with Gasteiger partial charge in [-0.2, -0.15) is 0 Å². The summed E-state index contributed by atoms with van der Waals surface area (Å²) in [7, 11) is 0. The van der Waals surface area contributed by atoms with Crippen molar-refractivity contribution < 1.29 is 19.5 Å². The van der Waals surface area contributed by atoms with Crippen LogP contribution in [0.15, 0.2) is 91.1 Å². The van der Waals surface area contributed by atoms with Crippen LogP contribution in [-0.2, 0) is 11.2 Å². The van der Waals surface area contributed by atoms with E-state index in [1.807, 2.05) is 18.2 Å². The standard InChI is InChI=1S/C26H20N2O4/c29-24(19-6-2-1-3-7-19)20-13-11-17(12-14-20)16-22(26(31)32)28-25(30)21-10-4-8-18-9-5-15-27-23(18)21/h1-15,22H,16H2,(H,28,30)(H,31,32)/t22-/m1/s1. The predicted molar refractivity (Wildman–Crippen MR) is 121 cm³/mol. The number of fused-ring (bicyclic) bond motifs is 1. The maximum Gasteiger partial charge on any atom is 0.326 e. The highest BCUT2D eigenvalue weighted by Gasteiger charge is 2.22. The molecule has 4 aromatic rings. The highest BCUT2D eigenvalue weighted by atomic mass is 16.4. The minimum atomic E-state index is -1.14. The number of carboxylic acids is 1. The number of pyridine rings is 1. The van der Waals surface area contributed by atoms with Crippen molar-refractivity contribution in [3.63, 3.8) is 0 Å². The molecule has 32 heavy (non-hydrogen) atoms. The number of para-hydroxylation sites is 1. The molecule has 1 aromatic heterocycles. The van der Waals surface area contributed by atoms with Crippen LogP contribution in [0.4, 0.5) is 0 Å². The van der Waals surface area contributed by atoms with Crippen molar-refractivity contribution in [2.75, 3.05) is 0 Å². The lowest BCUT2D eigenvalue weighted by Crippen LogP contribution is -2.42. The van der Waals surface area contributed by atoms with E-state index in [0.717, 1.165) is 5.39 Å². The average molecular weight is 424 g/mol. The lowest BCUT2D eigenvalue weighted by atomic mass is 9.99. The van der Waals surface area contributed by atoms with Crippen LogP contribution < -0.4 is 5.32 Å². The van der Waals surface area contributed by atoms with Crippen molar-refractivity contribution in [1.29, 1.82) is 0 Å². The van der Waals surface area contributed by atoms with Gasteiger partial charge < -0.3 is 10.4 Å². The predicted octanol–water partition coefficient (Wildman–Crippen LogP) is 3.89. The first kappa shape index (κ1) is 20.9. The lowest BCUT2D eigenvalue weighted by molar-refractivity contribution is -0.139. The van der Waals surface area contributed by atoms with Crippen LogP contribution in [0.2, 0.25) is 0 Å². The third-order valence-corrected chi connectivity index (χ3v) is 5.17. The number of nitrogens with one attached hydrogen (secondary N) is 1. The van der Waals surface area contributed by atoms with Gasteiger partial charge in [-0.15, -0.1) is 0 Å². The largest absolute Gasteiger partial charge is 0.480 e. The van der Waals surface area contributed by atoms with Crippen LogP contribution in [0.5, 0.6) is 0 Å². The molecule has 4 rings (SSSR count). The quantitative estimate of drug-likeness (QED) is 0.439. The molecule has 1 atom stereocenters. The van der Waals surface area contributed by atoms with E-state index in [0.29, 0.717) is 27.8 Å². The Morgan fingerprint density at radius 1 is 0.812 bits per heavy atom. The van der Waals surface area contributed by atoms with Gasteiger partial charge in [0.25, 0.3) is 5.91 Å². The van der Waals surface area contributed by atoms with Crippen molar-refractivity contribution in [1.82, 2.24) is 10.3 Å². The Morgan fingerprint density at radius 2 is 1.50 bits per heavy atom. The molecule has 0 saturated heterocycles. The zero-order chi connectivity index (χ0) is 22.5. The van der Waals surface area contributed by atoms with Crippen LogP contribution in [0.1, 0.15) is 31.8 Å². The van der Waals surface area contributed by atoms with Gasteiger partial charge in [-0.1, -0.05) is 72.8 Å². The highest BCUT2D eigenvalue weighted by molar-refractivity contribution is 6.09. The summed E-state index contributed by atoms with van der Waals surface area (Å²) in [5.41, 5.74) is 2.62. The van der Waals surface area contributed by atoms with Gasteiger partial charge in [0.15, 0.2) is 5.78 Å². The van der Waals surface area contributed by atoms with Crippen LogP contribution >= 0.6 is 0 Å². The second-order valence-electron chi connectivity index (χ2n) is 7.34. The van der Waals surface area contributed by atoms with E-state index in [-0.39, 0.29) is 12.2 Å². The molecule has 0 aliphatic rings. The van der Waals surface area contributed by atoms with Gasteiger partial charge in [-0.05, 0) is 17.7 Å². The van der Waals surface area contributed by atoms with E-state index >= 15 is 0 Å². The molecule has 0 unspecified atom stereocenters. The molecule has 2 N–H and O–H groups in total. The number of carbonyl (C=O) groups is 3. The molecule has 0 radical (unpaired) electrons. The SMILES string of the molecule is O=C(c1ccccc1)c1ccc(C[C@@H](NC(=O)c2cccc3cccnc23)C(=O)O)cc1. The van der Waals surface area contributed by atoms with Crippen LogP contribution in [0.3, 0.4) is 0 Å². The lowest BCUT2D eigenvalue weighted by Gasteiger charge is -2.15. The molecule has 1 heterocycles. The Labute approximate surface area is 184 Å². The summed E-state index contributed by atoms with van der Waals surface area (Å²) < 4.78 is 0. The molecule has 0 bridgehead atoms. The third kappa shape index (κ3) is 4.54. The molecule has 3 aromatic carbocycles. The maximum atomic E-state index is 12.8. The molecule has 0 spiro atoms. The Balaban J connectivity index is 1.49. The summed E-state index contributed by atoms with van der Waals surface area (Å²) in [6.45, 7) is 0. The highest BCUT2D eigenvalue weighted by Crippen LogP contribution is 2.17. The van der Waals surface area contributed by atoms with Crippen molar-refractivity contribution in [2.24, 2.45) is 0 Å². The van der Waals surface area contributed by atoms with Gasteiger partial charge in [-0.3, -0.25) is 14.6 Å². The summed E-state index contributed by atoms with van der Waals surface area (Å²) in [6, 6.07) is 23.4. The zero-order valence-corrected chi connectivity index (χ0v) is 17.1. The molecule has 158 valence electrons. The molecule has 0 saturated carbocycles. The first-order valence-electron chi connectivity index (χ1n) is 10.1. The molecule has 6 nitrogen and oxygen atoms in total. The van der Waals surface area contributed by atoms with Crippen molar-refractivity contribution >= 4 is 28.6 Å². The number of ketones is 1. The average Bonchev–Trinajstić information content (AvgIpc) is 2.83. The number of amides is 1. The van der Waals surface area contributed by atoms with Crippen molar-refractivity contribution in [3.05, 3.63) is 113 Å².